The number of fused-ring (bicyclic) bond motifs is 1. The largest absolute Gasteiger partial charge is 0.488 e. The van der Waals surface area contributed by atoms with Crippen molar-refractivity contribution < 1.29 is 64.9 Å². The van der Waals surface area contributed by atoms with E-state index in [9.17, 15) is 41.4 Å². The highest BCUT2D eigenvalue weighted by Crippen LogP contribution is 2.43. The predicted octanol–water partition coefficient (Wildman–Crippen LogP) is 4.88. The fourth-order valence-electron chi connectivity index (χ4n) is 4.99. The van der Waals surface area contributed by atoms with Gasteiger partial charge in [0.2, 0.25) is 0 Å². The first-order valence-electron chi connectivity index (χ1n) is 17.2. The Hall–Kier alpha value is -6.36. The molecular weight excluding hydrogens is 835 g/mol. The maximum absolute atomic E-state index is 14.0. The summed E-state index contributed by atoms with van der Waals surface area (Å²) in [7, 11) is -9.11. The number of nitrogens with zero attached hydrogens (tertiary/aromatic N) is 1. The summed E-state index contributed by atoms with van der Waals surface area (Å²) in [5.41, 5.74) is 0.266. The van der Waals surface area contributed by atoms with Crippen LogP contribution < -0.4 is 38.8 Å². The average Bonchev–Trinajstić information content (AvgIpc) is 3.61. The van der Waals surface area contributed by atoms with E-state index in [0.29, 0.717) is 21.2 Å². The summed E-state index contributed by atoms with van der Waals surface area (Å²) in [5, 5.41) is 14.7. The summed E-state index contributed by atoms with van der Waals surface area (Å²) in [4.78, 5) is 58.0. The molecule has 1 unspecified atom stereocenters. The molecule has 5 rings (SSSR count). The van der Waals surface area contributed by atoms with Crippen LogP contribution >= 0.6 is 18.9 Å². The molecule has 0 aliphatic carbocycles. The van der Waals surface area contributed by atoms with Gasteiger partial charge in [0.1, 0.15) is 52.8 Å². The molecule has 0 aliphatic rings. The number of nitriles is 1. The van der Waals surface area contributed by atoms with Crippen molar-refractivity contribution in [3.8, 4) is 34.8 Å². The number of sulfonamides is 1. The molecule has 17 nitrogen and oxygen atoms in total. The third-order valence-corrected chi connectivity index (χ3v) is 11.9. The van der Waals surface area contributed by atoms with Gasteiger partial charge in [0, 0.05) is 41.8 Å². The predicted molar refractivity (Wildman–Crippen MR) is 210 cm³/mol. The highest BCUT2D eigenvalue weighted by Gasteiger charge is 2.27. The third-order valence-electron chi connectivity index (χ3n) is 7.63. The number of amides is 2. The maximum Gasteiger partial charge on any atom is 0.391 e. The molecule has 0 saturated heterocycles. The zero-order chi connectivity index (χ0) is 42.7. The van der Waals surface area contributed by atoms with E-state index in [1.54, 1.807) is 6.07 Å². The normalized spacial score (nSPS) is 12.1. The highest BCUT2D eigenvalue weighted by molar-refractivity contribution is 7.92. The van der Waals surface area contributed by atoms with Crippen molar-refractivity contribution in [2.45, 2.75) is 18.1 Å². The van der Waals surface area contributed by atoms with Gasteiger partial charge in [-0.3, -0.25) is 19.2 Å². The summed E-state index contributed by atoms with van der Waals surface area (Å²) in [5.74, 6) is -2.41. The summed E-state index contributed by atoms with van der Waals surface area (Å²) in [6.07, 6.45) is -1.07. The Balaban J connectivity index is 1.26. The summed E-state index contributed by atoms with van der Waals surface area (Å²) >= 11 is 0.804. The molecule has 21 heteroatoms. The van der Waals surface area contributed by atoms with Crippen LogP contribution in [-0.4, -0.2) is 69.7 Å². The molecule has 308 valence electrons. The van der Waals surface area contributed by atoms with E-state index in [4.69, 9.17) is 28.7 Å². The quantitative estimate of drug-likeness (QED) is 0.0397. The Bertz CT molecular complexity index is 2460. The summed E-state index contributed by atoms with van der Waals surface area (Å²) < 4.78 is 82.1. The molecule has 5 aromatic rings. The van der Waals surface area contributed by atoms with Crippen molar-refractivity contribution >= 4 is 62.8 Å². The number of hydrogen-bond donors (Lipinski definition) is 4. The first kappa shape index (κ1) is 43.8. The van der Waals surface area contributed by atoms with Gasteiger partial charge in [-0.1, -0.05) is 0 Å². The molecule has 0 fully saturated rings. The number of halogens is 1. The van der Waals surface area contributed by atoms with Crippen LogP contribution in [0.1, 0.15) is 40.1 Å². The van der Waals surface area contributed by atoms with Crippen molar-refractivity contribution in [3.63, 3.8) is 0 Å². The van der Waals surface area contributed by atoms with Gasteiger partial charge in [0.15, 0.2) is 11.5 Å². The Morgan fingerprint density at radius 2 is 1.29 bits per heavy atom. The molecule has 1 aromatic heterocycles. The van der Waals surface area contributed by atoms with E-state index < -0.39 is 59.2 Å². The molecule has 0 spiro atoms. The van der Waals surface area contributed by atoms with Crippen LogP contribution in [0.3, 0.4) is 0 Å². The molecule has 0 aliphatic heterocycles. The second-order valence-corrected chi connectivity index (χ2v) is 17.0. The number of hydrogen-bond acceptors (Lipinski definition) is 14. The van der Waals surface area contributed by atoms with Crippen molar-refractivity contribution in [3.05, 3.63) is 107 Å². The minimum absolute atomic E-state index is 0.0277. The van der Waals surface area contributed by atoms with Gasteiger partial charge in [-0.05, 0) is 78.2 Å². The van der Waals surface area contributed by atoms with Gasteiger partial charge < -0.3 is 39.0 Å². The second-order valence-electron chi connectivity index (χ2n) is 12.1. The Morgan fingerprint density at radius 3 is 1.78 bits per heavy atom. The SMILES string of the molecule is CC(=O)Oc1ccc(C(=O)NCCOc2cc3cc(S(=O)(=O)NCP(=O)(O)Oc4ccc(C#N)c(F)c4)sc3cc2OCCNC(=O)c2ccc(OC(C)=O)cc2)cc1. The standard InChI is InChI=1S/C38H34FN4O13PS2/c1-23(44)54-29-8-3-25(4-9-29)37(46)41-13-15-52-33-17-28-18-36(59(50,51)43-22-57(48,49)56-31-12-7-27(21-40)32(39)19-31)58-35(28)20-34(33)53-16-14-42-38(47)26-5-10-30(11-6-26)55-24(2)45/h3-12,17-20,43H,13-16,22H2,1-2H3,(H,41,46)(H,42,47)(H,48,49). The first-order valence-corrected chi connectivity index (χ1v) is 21.3. The lowest BCUT2D eigenvalue weighted by atomic mass is 10.2. The zero-order valence-electron chi connectivity index (χ0n) is 31.1. The van der Waals surface area contributed by atoms with E-state index in [2.05, 4.69) is 10.6 Å². The average molecular weight is 869 g/mol. The number of nitrogens with one attached hydrogen (secondary N) is 3. The van der Waals surface area contributed by atoms with E-state index >= 15 is 0 Å². The zero-order valence-corrected chi connectivity index (χ0v) is 33.6. The van der Waals surface area contributed by atoms with Gasteiger partial charge in [-0.25, -0.2) is 17.4 Å². The molecule has 4 N–H and O–H groups in total. The third kappa shape index (κ3) is 12.6. The fourth-order valence-corrected chi connectivity index (χ4v) is 8.95. The molecular formula is C38H34FN4O13PS2. The molecule has 59 heavy (non-hydrogen) atoms. The monoisotopic (exact) mass is 868 g/mol. The van der Waals surface area contributed by atoms with Crippen LogP contribution in [0, 0.1) is 17.1 Å². The van der Waals surface area contributed by atoms with Crippen molar-refractivity contribution in [1.29, 1.82) is 5.26 Å². The number of rotatable bonds is 18. The number of carbonyl (C=O) groups is 4. The van der Waals surface area contributed by atoms with Crippen LogP contribution in [0.4, 0.5) is 4.39 Å². The molecule has 1 heterocycles. The minimum Gasteiger partial charge on any atom is -0.488 e. The molecule has 2 amide bonds. The molecule has 0 bridgehead atoms. The first-order chi connectivity index (χ1) is 28.0. The lowest BCUT2D eigenvalue weighted by Crippen LogP contribution is -2.28. The topological polar surface area (TPSA) is 246 Å². The van der Waals surface area contributed by atoms with Gasteiger partial charge in [-0.2, -0.15) is 9.98 Å². The van der Waals surface area contributed by atoms with Gasteiger partial charge in [-0.15, -0.1) is 11.3 Å². The molecule has 0 radical (unpaired) electrons. The summed E-state index contributed by atoms with van der Waals surface area (Å²) in [6.45, 7) is 2.43. The number of thiophene rings is 1. The van der Waals surface area contributed by atoms with E-state index in [1.165, 1.54) is 80.6 Å². The van der Waals surface area contributed by atoms with Crippen LogP contribution in [0.5, 0.6) is 28.7 Å². The van der Waals surface area contributed by atoms with Crippen LogP contribution in [0.15, 0.2) is 89.1 Å². The van der Waals surface area contributed by atoms with Crippen molar-refractivity contribution in [1.82, 2.24) is 15.4 Å². The number of carbonyl (C=O) groups excluding carboxylic acids is 4. The second kappa shape index (κ2) is 19.4. The lowest BCUT2D eigenvalue weighted by molar-refractivity contribution is -0.132. The van der Waals surface area contributed by atoms with E-state index in [-0.39, 0.29) is 59.1 Å². The lowest BCUT2D eigenvalue weighted by Gasteiger charge is -2.14. The number of benzene rings is 4. The van der Waals surface area contributed by atoms with Crippen molar-refractivity contribution in [2.75, 3.05) is 32.6 Å². The highest BCUT2D eigenvalue weighted by atomic mass is 32.2. The number of ether oxygens (including phenoxy) is 4. The maximum atomic E-state index is 14.0. The number of esters is 2. The Labute approximate surface area is 340 Å². The van der Waals surface area contributed by atoms with Gasteiger partial charge in [0.25, 0.3) is 21.8 Å². The molecule has 4 aromatic carbocycles. The molecule has 0 saturated carbocycles. The van der Waals surface area contributed by atoms with Crippen LogP contribution in [0.25, 0.3) is 10.1 Å². The Morgan fingerprint density at radius 1 is 0.780 bits per heavy atom. The smallest absolute Gasteiger partial charge is 0.391 e. The van der Waals surface area contributed by atoms with Crippen LogP contribution in [0.2, 0.25) is 0 Å². The van der Waals surface area contributed by atoms with Gasteiger partial charge in [0.05, 0.1) is 18.7 Å². The van der Waals surface area contributed by atoms with Crippen LogP contribution in [-0.2, 0) is 24.2 Å². The van der Waals surface area contributed by atoms with E-state index in [1.807, 2.05) is 4.72 Å². The van der Waals surface area contributed by atoms with E-state index in [0.717, 1.165) is 29.5 Å². The minimum atomic E-state index is -4.70. The fraction of sp³-hybridized carbons (Fsp3) is 0.184. The Kier molecular flexibility index (Phi) is 14.4. The van der Waals surface area contributed by atoms with Gasteiger partial charge >= 0.3 is 19.5 Å². The summed E-state index contributed by atoms with van der Waals surface area (Å²) in [6, 6.07) is 20.5. The van der Waals surface area contributed by atoms with Crippen molar-refractivity contribution in [2.24, 2.45) is 0 Å². The molecule has 1 atom stereocenters.